The number of rotatable bonds is 12. The molecular formula is C18H26N8O6. The van der Waals surface area contributed by atoms with Crippen LogP contribution in [-0.2, 0) is 32.0 Å². The molecule has 0 aliphatic rings. The van der Waals surface area contributed by atoms with E-state index >= 15 is 0 Å². The van der Waals surface area contributed by atoms with Gasteiger partial charge in [-0.3, -0.25) is 14.4 Å². The molecule has 2 aromatic rings. The van der Waals surface area contributed by atoms with E-state index in [9.17, 15) is 29.4 Å². The van der Waals surface area contributed by atoms with Gasteiger partial charge in [-0.05, 0) is 6.92 Å². The van der Waals surface area contributed by atoms with Gasteiger partial charge in [-0.1, -0.05) is 0 Å². The third kappa shape index (κ3) is 7.17. The summed E-state index contributed by atoms with van der Waals surface area (Å²) in [5, 5.41) is 25.8. The second kappa shape index (κ2) is 11.6. The Labute approximate surface area is 182 Å². The molecule has 2 rings (SSSR count). The van der Waals surface area contributed by atoms with Crippen molar-refractivity contribution in [1.82, 2.24) is 35.9 Å². The molecule has 14 heteroatoms. The van der Waals surface area contributed by atoms with Gasteiger partial charge in [0.25, 0.3) is 0 Å². The van der Waals surface area contributed by atoms with Gasteiger partial charge in [-0.15, -0.1) is 0 Å². The van der Waals surface area contributed by atoms with Crippen molar-refractivity contribution in [1.29, 1.82) is 0 Å². The standard InChI is InChI=1S/C18H26N8O6/c1-9(15(28)25-13(18(31)32)3-11-5-21-8-23-11)24-17(30)14(6-27)26-16(29)12(19)2-10-4-20-7-22-10/h4-5,7-9,12-14,27H,2-3,6,19H2,1H3,(H,20,22)(H,21,23)(H,24,30)(H,25,28)(H,26,29)(H,31,32). The number of aromatic amines is 2. The third-order valence-electron chi connectivity index (χ3n) is 4.49. The molecule has 0 aromatic carbocycles. The van der Waals surface area contributed by atoms with Crippen LogP contribution in [0.4, 0.5) is 0 Å². The number of hydrogen-bond donors (Lipinski definition) is 8. The average molecular weight is 450 g/mol. The Balaban J connectivity index is 1.88. The quantitative estimate of drug-likeness (QED) is 0.162. The number of nitrogens with one attached hydrogen (secondary N) is 5. The van der Waals surface area contributed by atoms with E-state index in [4.69, 9.17) is 5.73 Å². The van der Waals surface area contributed by atoms with E-state index in [1.807, 2.05) is 0 Å². The molecule has 4 unspecified atom stereocenters. The maximum Gasteiger partial charge on any atom is 0.326 e. The molecule has 0 aliphatic heterocycles. The minimum atomic E-state index is -1.36. The van der Waals surface area contributed by atoms with Crippen LogP contribution >= 0.6 is 0 Å². The summed E-state index contributed by atoms with van der Waals surface area (Å²) in [6.07, 6.45) is 5.84. The van der Waals surface area contributed by atoms with Crippen molar-refractivity contribution in [3.63, 3.8) is 0 Å². The predicted molar refractivity (Wildman–Crippen MR) is 109 cm³/mol. The number of imidazole rings is 2. The highest BCUT2D eigenvalue weighted by Gasteiger charge is 2.28. The first kappa shape index (κ1) is 24.5. The van der Waals surface area contributed by atoms with Crippen LogP contribution in [0, 0.1) is 0 Å². The van der Waals surface area contributed by atoms with Crippen LogP contribution < -0.4 is 21.7 Å². The predicted octanol–water partition coefficient (Wildman–Crippen LogP) is -3.20. The minimum absolute atomic E-state index is 0.0364. The number of aromatic nitrogens is 4. The lowest BCUT2D eigenvalue weighted by molar-refractivity contribution is -0.142. The van der Waals surface area contributed by atoms with E-state index in [0.29, 0.717) is 11.4 Å². The van der Waals surface area contributed by atoms with E-state index in [1.165, 1.54) is 32.0 Å². The fourth-order valence-corrected chi connectivity index (χ4v) is 2.69. The molecule has 3 amide bonds. The molecule has 0 aliphatic carbocycles. The number of carbonyl (C=O) groups is 4. The smallest absolute Gasteiger partial charge is 0.326 e. The van der Waals surface area contributed by atoms with Crippen LogP contribution in [0.25, 0.3) is 0 Å². The zero-order valence-corrected chi connectivity index (χ0v) is 17.2. The third-order valence-corrected chi connectivity index (χ3v) is 4.49. The second-order valence-electron chi connectivity index (χ2n) is 7.04. The van der Waals surface area contributed by atoms with E-state index in [1.54, 1.807) is 0 Å². The molecular weight excluding hydrogens is 424 g/mol. The molecule has 32 heavy (non-hydrogen) atoms. The van der Waals surface area contributed by atoms with Crippen molar-refractivity contribution < 1.29 is 29.4 Å². The summed E-state index contributed by atoms with van der Waals surface area (Å²) in [5.41, 5.74) is 6.92. The Bertz CT molecular complexity index is 901. The molecule has 174 valence electrons. The van der Waals surface area contributed by atoms with Gasteiger partial charge in [0, 0.05) is 36.6 Å². The maximum absolute atomic E-state index is 12.4. The Morgan fingerprint density at radius 3 is 2.00 bits per heavy atom. The van der Waals surface area contributed by atoms with Crippen molar-refractivity contribution in [2.45, 2.75) is 43.9 Å². The topological polar surface area (TPSA) is 228 Å². The van der Waals surface area contributed by atoms with Crippen LogP contribution in [0.5, 0.6) is 0 Å². The first-order valence-corrected chi connectivity index (χ1v) is 9.66. The minimum Gasteiger partial charge on any atom is -0.480 e. The molecule has 0 spiro atoms. The number of nitrogens with zero attached hydrogens (tertiary/aromatic N) is 2. The number of H-pyrrole nitrogens is 2. The van der Waals surface area contributed by atoms with Gasteiger partial charge in [0.15, 0.2) is 0 Å². The molecule has 0 bridgehead atoms. The number of carboxylic acid groups (broad SMARTS) is 1. The highest BCUT2D eigenvalue weighted by Crippen LogP contribution is 2.01. The van der Waals surface area contributed by atoms with Crippen molar-refractivity contribution in [2.24, 2.45) is 5.73 Å². The van der Waals surface area contributed by atoms with Crippen molar-refractivity contribution >= 4 is 23.7 Å². The van der Waals surface area contributed by atoms with Gasteiger partial charge in [0.1, 0.15) is 18.1 Å². The van der Waals surface area contributed by atoms with Gasteiger partial charge in [0.2, 0.25) is 17.7 Å². The van der Waals surface area contributed by atoms with E-state index in [0.717, 1.165) is 0 Å². The summed E-state index contributed by atoms with van der Waals surface area (Å²) in [4.78, 5) is 61.5. The van der Waals surface area contributed by atoms with Crippen LogP contribution in [0.1, 0.15) is 18.3 Å². The van der Waals surface area contributed by atoms with E-state index < -0.39 is 54.5 Å². The molecule has 2 heterocycles. The number of aliphatic carboxylic acids is 1. The molecule has 14 nitrogen and oxygen atoms in total. The average Bonchev–Trinajstić information content (AvgIpc) is 3.45. The van der Waals surface area contributed by atoms with Gasteiger partial charge in [0.05, 0.1) is 25.3 Å². The van der Waals surface area contributed by atoms with Crippen molar-refractivity contribution in [2.75, 3.05) is 6.61 Å². The molecule has 9 N–H and O–H groups in total. The Morgan fingerprint density at radius 1 is 0.938 bits per heavy atom. The number of nitrogens with two attached hydrogens (primary N) is 1. The van der Waals surface area contributed by atoms with Crippen molar-refractivity contribution in [3.05, 3.63) is 36.4 Å². The first-order valence-electron chi connectivity index (χ1n) is 9.66. The van der Waals surface area contributed by atoms with E-state index in [-0.39, 0.29) is 12.8 Å². The first-order chi connectivity index (χ1) is 15.2. The Hall–Kier alpha value is -3.78. The zero-order chi connectivity index (χ0) is 23.7. The number of aliphatic hydroxyl groups excluding tert-OH is 1. The largest absolute Gasteiger partial charge is 0.480 e. The second-order valence-corrected chi connectivity index (χ2v) is 7.04. The van der Waals surface area contributed by atoms with Crippen LogP contribution in [-0.4, -0.2) is 84.6 Å². The summed E-state index contributed by atoms with van der Waals surface area (Å²) >= 11 is 0. The summed E-state index contributed by atoms with van der Waals surface area (Å²) in [5.74, 6) is -3.54. The number of carbonyl (C=O) groups excluding carboxylic acids is 3. The molecule has 4 atom stereocenters. The lowest BCUT2D eigenvalue weighted by Gasteiger charge is -2.22. The summed E-state index contributed by atoms with van der Waals surface area (Å²) in [6.45, 7) is 0.600. The summed E-state index contributed by atoms with van der Waals surface area (Å²) in [7, 11) is 0. The number of aliphatic hydroxyl groups is 1. The normalized spacial score (nSPS) is 14.6. The van der Waals surface area contributed by atoms with Crippen LogP contribution in [0.3, 0.4) is 0 Å². The molecule has 0 saturated heterocycles. The number of amides is 3. The molecule has 0 radical (unpaired) electrons. The van der Waals surface area contributed by atoms with Gasteiger partial charge < -0.3 is 41.9 Å². The molecule has 0 saturated carbocycles. The zero-order valence-electron chi connectivity index (χ0n) is 17.2. The summed E-state index contributed by atoms with van der Waals surface area (Å²) < 4.78 is 0. The Morgan fingerprint density at radius 2 is 1.50 bits per heavy atom. The van der Waals surface area contributed by atoms with Crippen LogP contribution in [0.15, 0.2) is 25.0 Å². The van der Waals surface area contributed by atoms with Gasteiger partial charge in [-0.25, -0.2) is 14.8 Å². The van der Waals surface area contributed by atoms with Crippen LogP contribution in [0.2, 0.25) is 0 Å². The Kier molecular flexibility index (Phi) is 8.85. The highest BCUT2D eigenvalue weighted by molar-refractivity contribution is 5.94. The van der Waals surface area contributed by atoms with Crippen molar-refractivity contribution in [3.8, 4) is 0 Å². The highest BCUT2D eigenvalue weighted by atomic mass is 16.4. The molecule has 0 fully saturated rings. The van der Waals surface area contributed by atoms with E-state index in [2.05, 4.69) is 35.9 Å². The maximum atomic E-state index is 12.4. The van der Waals surface area contributed by atoms with Gasteiger partial charge in [-0.2, -0.15) is 0 Å². The number of carboxylic acids is 1. The number of hydrogen-bond acceptors (Lipinski definition) is 8. The molecule has 2 aromatic heterocycles. The monoisotopic (exact) mass is 450 g/mol. The summed E-state index contributed by atoms with van der Waals surface area (Å²) in [6, 6.07) is -4.76. The lowest BCUT2D eigenvalue weighted by Crippen LogP contribution is -2.57. The van der Waals surface area contributed by atoms with Gasteiger partial charge >= 0.3 is 5.97 Å². The fourth-order valence-electron chi connectivity index (χ4n) is 2.69. The lowest BCUT2D eigenvalue weighted by atomic mass is 10.1. The fraction of sp³-hybridized carbons (Fsp3) is 0.444. The SMILES string of the molecule is CC(NC(=O)C(CO)NC(=O)C(N)Cc1cnc[nH]1)C(=O)NC(Cc1cnc[nH]1)C(=O)O.